The summed E-state index contributed by atoms with van der Waals surface area (Å²) < 4.78 is 0. The van der Waals surface area contributed by atoms with Crippen LogP contribution in [0.25, 0.3) is 0 Å². The van der Waals surface area contributed by atoms with Crippen LogP contribution in [0.5, 0.6) is 0 Å². The van der Waals surface area contributed by atoms with Gasteiger partial charge in [-0.25, -0.2) is 9.97 Å². The molecule has 1 heterocycles. The first kappa shape index (κ1) is 14.7. The highest BCUT2D eigenvalue weighted by atomic mass is 15.1. The van der Waals surface area contributed by atoms with Gasteiger partial charge in [-0.1, -0.05) is 20.8 Å². The minimum Gasteiger partial charge on any atom is -0.373 e. The summed E-state index contributed by atoms with van der Waals surface area (Å²) in [6.07, 6.45) is 4.13. The molecular formula is C14H26N4. The minimum atomic E-state index is 0.100. The van der Waals surface area contributed by atoms with Gasteiger partial charge in [0.25, 0.3) is 0 Å². The van der Waals surface area contributed by atoms with Crippen LogP contribution in [0.15, 0.2) is 6.07 Å². The number of aromatic nitrogens is 2. The van der Waals surface area contributed by atoms with Crippen LogP contribution in [0.3, 0.4) is 0 Å². The van der Waals surface area contributed by atoms with E-state index in [-0.39, 0.29) is 5.54 Å². The van der Waals surface area contributed by atoms with Crippen molar-refractivity contribution < 1.29 is 0 Å². The molecule has 0 atom stereocenters. The number of rotatable bonds is 7. The Morgan fingerprint density at radius 3 is 2.22 bits per heavy atom. The van der Waals surface area contributed by atoms with Crippen molar-refractivity contribution in [2.75, 3.05) is 17.7 Å². The van der Waals surface area contributed by atoms with E-state index in [2.05, 4.69) is 48.3 Å². The van der Waals surface area contributed by atoms with Crippen LogP contribution in [0.4, 0.5) is 11.6 Å². The lowest BCUT2D eigenvalue weighted by Crippen LogP contribution is -2.33. The molecule has 4 heteroatoms. The highest BCUT2D eigenvalue weighted by Crippen LogP contribution is 2.22. The maximum Gasteiger partial charge on any atom is 0.133 e. The first-order chi connectivity index (χ1) is 8.56. The van der Waals surface area contributed by atoms with Gasteiger partial charge in [0, 0.05) is 25.1 Å². The Morgan fingerprint density at radius 2 is 1.72 bits per heavy atom. The van der Waals surface area contributed by atoms with Gasteiger partial charge in [0.15, 0.2) is 0 Å². The zero-order valence-electron chi connectivity index (χ0n) is 12.3. The number of aryl methyl sites for hydroxylation is 1. The Kier molecular flexibility index (Phi) is 5.38. The molecule has 0 aliphatic rings. The van der Waals surface area contributed by atoms with Gasteiger partial charge in [-0.2, -0.15) is 0 Å². The second-order valence-corrected chi connectivity index (χ2v) is 4.95. The molecule has 1 aromatic rings. The Labute approximate surface area is 111 Å². The predicted octanol–water partition coefficient (Wildman–Crippen LogP) is 3.46. The van der Waals surface area contributed by atoms with Crippen molar-refractivity contribution in [2.24, 2.45) is 0 Å². The molecule has 0 bridgehead atoms. The molecule has 0 radical (unpaired) electrons. The smallest absolute Gasteiger partial charge is 0.133 e. The van der Waals surface area contributed by atoms with E-state index >= 15 is 0 Å². The number of nitrogens with one attached hydrogen (secondary N) is 2. The van der Waals surface area contributed by atoms with Gasteiger partial charge in [-0.05, 0) is 26.2 Å². The zero-order chi connectivity index (χ0) is 13.6. The summed E-state index contributed by atoms with van der Waals surface area (Å²) in [5.74, 6) is 2.70. The van der Waals surface area contributed by atoms with E-state index < -0.39 is 0 Å². The van der Waals surface area contributed by atoms with Crippen molar-refractivity contribution in [2.45, 2.75) is 58.9 Å². The SMILES string of the molecule is CCCc1nc(NC)cc(NC(C)(CC)CC)n1. The van der Waals surface area contributed by atoms with Gasteiger partial charge in [0.2, 0.25) is 0 Å². The molecule has 0 amide bonds. The van der Waals surface area contributed by atoms with Gasteiger partial charge in [-0.3, -0.25) is 0 Å². The third kappa shape index (κ3) is 3.86. The van der Waals surface area contributed by atoms with Crippen molar-refractivity contribution in [3.8, 4) is 0 Å². The summed E-state index contributed by atoms with van der Waals surface area (Å²) in [6.45, 7) is 8.77. The fourth-order valence-corrected chi connectivity index (χ4v) is 1.76. The van der Waals surface area contributed by atoms with E-state index in [4.69, 9.17) is 0 Å². The fourth-order valence-electron chi connectivity index (χ4n) is 1.76. The highest BCUT2D eigenvalue weighted by Gasteiger charge is 2.20. The molecule has 2 N–H and O–H groups in total. The molecule has 0 aliphatic heterocycles. The van der Waals surface area contributed by atoms with Crippen molar-refractivity contribution in [1.29, 1.82) is 0 Å². The summed E-state index contributed by atoms with van der Waals surface area (Å²) in [5.41, 5.74) is 0.100. The van der Waals surface area contributed by atoms with Gasteiger partial charge in [-0.15, -0.1) is 0 Å². The van der Waals surface area contributed by atoms with E-state index in [1.54, 1.807) is 0 Å². The summed E-state index contributed by atoms with van der Waals surface area (Å²) in [7, 11) is 1.89. The third-order valence-electron chi connectivity index (χ3n) is 3.49. The van der Waals surface area contributed by atoms with Gasteiger partial charge in [0.1, 0.15) is 17.5 Å². The van der Waals surface area contributed by atoms with E-state index in [1.165, 1.54) is 0 Å². The molecule has 18 heavy (non-hydrogen) atoms. The van der Waals surface area contributed by atoms with E-state index in [0.717, 1.165) is 43.1 Å². The molecule has 0 saturated carbocycles. The molecule has 0 unspecified atom stereocenters. The number of anilines is 2. The lowest BCUT2D eigenvalue weighted by molar-refractivity contribution is 0.476. The molecule has 0 fully saturated rings. The Bertz CT molecular complexity index is 372. The van der Waals surface area contributed by atoms with Crippen molar-refractivity contribution in [1.82, 2.24) is 9.97 Å². The van der Waals surface area contributed by atoms with Gasteiger partial charge >= 0.3 is 0 Å². The first-order valence-electron chi connectivity index (χ1n) is 6.90. The van der Waals surface area contributed by atoms with Crippen molar-refractivity contribution >= 4 is 11.6 Å². The standard InChI is InChI=1S/C14H26N4/c1-6-9-11-16-12(15-5)10-13(17-11)18-14(4,7-2)8-3/h10H,6-9H2,1-5H3,(H2,15,16,17,18). The van der Waals surface area contributed by atoms with E-state index in [9.17, 15) is 0 Å². The lowest BCUT2D eigenvalue weighted by Gasteiger charge is -2.29. The first-order valence-corrected chi connectivity index (χ1v) is 6.90. The van der Waals surface area contributed by atoms with Crippen LogP contribution in [0.1, 0.15) is 52.8 Å². The highest BCUT2D eigenvalue weighted by molar-refractivity contribution is 5.48. The second kappa shape index (κ2) is 6.57. The quantitative estimate of drug-likeness (QED) is 0.778. The fraction of sp³-hybridized carbons (Fsp3) is 0.714. The van der Waals surface area contributed by atoms with Crippen LogP contribution in [0, 0.1) is 0 Å². The molecule has 0 saturated heterocycles. The number of nitrogens with zero attached hydrogens (tertiary/aromatic N) is 2. The Hall–Kier alpha value is -1.32. The summed E-state index contributed by atoms with van der Waals surface area (Å²) in [5, 5.41) is 6.63. The predicted molar refractivity (Wildman–Crippen MR) is 78.2 cm³/mol. The van der Waals surface area contributed by atoms with Crippen molar-refractivity contribution in [3.63, 3.8) is 0 Å². The number of hydrogen-bond acceptors (Lipinski definition) is 4. The second-order valence-electron chi connectivity index (χ2n) is 4.95. The molecule has 1 aromatic heterocycles. The molecule has 4 nitrogen and oxygen atoms in total. The van der Waals surface area contributed by atoms with Crippen LogP contribution >= 0.6 is 0 Å². The van der Waals surface area contributed by atoms with Crippen LogP contribution in [-0.2, 0) is 6.42 Å². The van der Waals surface area contributed by atoms with Crippen molar-refractivity contribution in [3.05, 3.63) is 11.9 Å². The van der Waals surface area contributed by atoms with E-state index in [1.807, 2.05) is 13.1 Å². The normalized spacial score (nSPS) is 11.4. The van der Waals surface area contributed by atoms with Crippen LogP contribution in [-0.4, -0.2) is 22.6 Å². The number of hydrogen-bond donors (Lipinski definition) is 2. The van der Waals surface area contributed by atoms with Crippen LogP contribution in [0.2, 0.25) is 0 Å². The maximum atomic E-state index is 4.59. The molecule has 1 rings (SSSR count). The Morgan fingerprint density at radius 1 is 1.11 bits per heavy atom. The molecule has 0 aromatic carbocycles. The van der Waals surface area contributed by atoms with E-state index in [0.29, 0.717) is 0 Å². The molecule has 102 valence electrons. The monoisotopic (exact) mass is 250 g/mol. The Balaban J connectivity index is 2.96. The minimum absolute atomic E-state index is 0.100. The largest absolute Gasteiger partial charge is 0.373 e. The summed E-state index contributed by atoms with van der Waals surface area (Å²) in [4.78, 5) is 9.05. The van der Waals surface area contributed by atoms with Gasteiger partial charge in [0.05, 0.1) is 0 Å². The summed E-state index contributed by atoms with van der Waals surface area (Å²) >= 11 is 0. The average Bonchev–Trinajstić information content (AvgIpc) is 2.38. The van der Waals surface area contributed by atoms with Crippen LogP contribution < -0.4 is 10.6 Å². The molecular weight excluding hydrogens is 224 g/mol. The summed E-state index contributed by atoms with van der Waals surface area (Å²) in [6, 6.07) is 1.97. The average molecular weight is 250 g/mol. The molecule has 0 spiro atoms. The molecule has 0 aliphatic carbocycles. The zero-order valence-corrected chi connectivity index (χ0v) is 12.3. The lowest BCUT2D eigenvalue weighted by atomic mass is 9.96. The maximum absolute atomic E-state index is 4.59. The topological polar surface area (TPSA) is 49.8 Å². The third-order valence-corrected chi connectivity index (χ3v) is 3.49. The van der Waals surface area contributed by atoms with Gasteiger partial charge < -0.3 is 10.6 Å².